The number of hydrogen-bond acceptors (Lipinski definition) is 4. The third-order valence-corrected chi connectivity index (χ3v) is 3.53. The van der Waals surface area contributed by atoms with Crippen molar-refractivity contribution < 1.29 is 19.1 Å². The lowest BCUT2D eigenvalue weighted by Crippen LogP contribution is -2.41. The van der Waals surface area contributed by atoms with Gasteiger partial charge in [-0.3, -0.25) is 4.90 Å². The molecule has 0 aliphatic carbocycles. The van der Waals surface area contributed by atoms with Crippen LogP contribution in [-0.2, 0) is 14.3 Å². The van der Waals surface area contributed by atoms with Gasteiger partial charge in [0.2, 0.25) is 0 Å². The molecule has 5 heteroatoms. The van der Waals surface area contributed by atoms with Crippen LogP contribution in [-0.4, -0.2) is 43.3 Å². The van der Waals surface area contributed by atoms with Crippen molar-refractivity contribution in [2.45, 2.75) is 64.8 Å². The summed E-state index contributed by atoms with van der Waals surface area (Å²) in [6.07, 6.45) is 9.12. The van der Waals surface area contributed by atoms with Crippen LogP contribution in [0, 0.1) is 0 Å². The van der Waals surface area contributed by atoms with Gasteiger partial charge in [0.05, 0.1) is 6.61 Å². The maximum atomic E-state index is 11.8. The normalized spacial score (nSPS) is 11.6. The fourth-order valence-electron chi connectivity index (χ4n) is 1.90. The molecule has 128 valence electrons. The van der Waals surface area contributed by atoms with Crippen molar-refractivity contribution >= 4 is 12.1 Å². The molecule has 0 spiro atoms. The second-order valence-electron chi connectivity index (χ2n) is 5.44. The Kier molecular flexibility index (Phi) is 12.3. The van der Waals surface area contributed by atoms with Crippen molar-refractivity contribution in [1.29, 1.82) is 0 Å². The molecule has 0 bridgehead atoms. The van der Waals surface area contributed by atoms with Gasteiger partial charge < -0.3 is 9.47 Å². The highest BCUT2D eigenvalue weighted by Crippen LogP contribution is 2.08. The van der Waals surface area contributed by atoms with E-state index in [0.717, 1.165) is 12.8 Å². The third-order valence-electron chi connectivity index (χ3n) is 3.53. The lowest BCUT2D eigenvalue weighted by Gasteiger charge is -2.22. The van der Waals surface area contributed by atoms with Crippen LogP contribution in [0.25, 0.3) is 0 Å². The number of hydrogen-bond donors (Lipinski definition) is 0. The van der Waals surface area contributed by atoms with Crippen molar-refractivity contribution in [3.05, 3.63) is 12.7 Å². The number of esters is 1. The quantitative estimate of drug-likeness (QED) is 0.311. The van der Waals surface area contributed by atoms with E-state index in [1.807, 2.05) is 0 Å². The summed E-state index contributed by atoms with van der Waals surface area (Å²) in [6, 6.07) is -0.651. The van der Waals surface area contributed by atoms with E-state index in [0.29, 0.717) is 6.61 Å². The first kappa shape index (κ1) is 20.5. The average molecular weight is 313 g/mol. The Bertz CT molecular complexity index is 331. The minimum atomic E-state index is -0.651. The topological polar surface area (TPSA) is 55.8 Å². The van der Waals surface area contributed by atoms with E-state index in [9.17, 15) is 9.59 Å². The van der Waals surface area contributed by atoms with E-state index in [2.05, 4.69) is 13.5 Å². The molecule has 0 aromatic carbocycles. The summed E-state index contributed by atoms with van der Waals surface area (Å²) >= 11 is 0. The number of ether oxygens (including phenoxy) is 2. The number of likely N-dealkylation sites (N-methyl/N-ethyl adjacent to an activating group) is 1. The number of rotatable bonds is 12. The molecule has 22 heavy (non-hydrogen) atoms. The van der Waals surface area contributed by atoms with Crippen LogP contribution in [0.4, 0.5) is 4.79 Å². The summed E-state index contributed by atoms with van der Waals surface area (Å²) in [4.78, 5) is 24.7. The molecule has 1 amide bonds. The van der Waals surface area contributed by atoms with Crippen molar-refractivity contribution in [3.8, 4) is 0 Å². The first-order valence-electron chi connectivity index (χ1n) is 8.21. The molecule has 0 aromatic rings. The molecule has 0 rings (SSSR count). The molecule has 5 nitrogen and oxygen atoms in total. The molecule has 0 radical (unpaired) electrons. The molecule has 0 aromatic heterocycles. The Balaban J connectivity index is 3.77. The standard InChI is InChI=1S/C17H31NO4/c1-5-7-8-9-10-11-12-14-21-16(19)15(3)18(4)17(20)22-13-6-2/h6,15H,2,5,7-14H2,1,3-4H3. The zero-order chi connectivity index (χ0) is 16.8. The van der Waals surface area contributed by atoms with Gasteiger partial charge in [0.15, 0.2) is 0 Å². The van der Waals surface area contributed by atoms with Gasteiger partial charge in [-0.15, -0.1) is 0 Å². The molecule has 0 fully saturated rings. The summed E-state index contributed by atoms with van der Waals surface area (Å²) in [5, 5.41) is 0. The molecule has 0 heterocycles. The predicted molar refractivity (Wildman–Crippen MR) is 87.7 cm³/mol. The van der Waals surface area contributed by atoms with E-state index in [1.54, 1.807) is 6.92 Å². The molecule has 0 aliphatic heterocycles. The van der Waals surface area contributed by atoms with Crippen molar-refractivity contribution in [1.82, 2.24) is 4.90 Å². The highest BCUT2D eigenvalue weighted by atomic mass is 16.6. The summed E-state index contributed by atoms with van der Waals surface area (Å²) < 4.78 is 10.1. The molecule has 0 aliphatic rings. The number of unbranched alkanes of at least 4 members (excludes halogenated alkanes) is 6. The molecular formula is C17H31NO4. The van der Waals surface area contributed by atoms with Crippen molar-refractivity contribution in [2.75, 3.05) is 20.3 Å². The fraction of sp³-hybridized carbons (Fsp3) is 0.765. The van der Waals surface area contributed by atoms with Crippen LogP contribution in [0.3, 0.4) is 0 Å². The van der Waals surface area contributed by atoms with Crippen LogP contribution in [0.15, 0.2) is 12.7 Å². The maximum absolute atomic E-state index is 11.8. The second kappa shape index (κ2) is 13.2. The number of nitrogens with zero attached hydrogens (tertiary/aromatic N) is 1. The van der Waals surface area contributed by atoms with Gasteiger partial charge in [0.1, 0.15) is 12.6 Å². The molecular weight excluding hydrogens is 282 g/mol. The summed E-state index contributed by atoms with van der Waals surface area (Å²) in [5.74, 6) is -0.399. The van der Waals surface area contributed by atoms with Crippen molar-refractivity contribution in [3.63, 3.8) is 0 Å². The van der Waals surface area contributed by atoms with E-state index < -0.39 is 18.1 Å². The minimum Gasteiger partial charge on any atom is -0.464 e. The predicted octanol–water partition coefficient (Wildman–Crippen LogP) is 3.92. The Morgan fingerprint density at radius 3 is 2.27 bits per heavy atom. The zero-order valence-corrected chi connectivity index (χ0v) is 14.3. The summed E-state index contributed by atoms with van der Waals surface area (Å²) in [6.45, 7) is 7.83. The fourth-order valence-corrected chi connectivity index (χ4v) is 1.90. The highest BCUT2D eigenvalue weighted by molar-refractivity contribution is 5.80. The van der Waals surface area contributed by atoms with Crippen LogP contribution in [0.5, 0.6) is 0 Å². The first-order valence-corrected chi connectivity index (χ1v) is 8.21. The molecule has 0 saturated heterocycles. The Morgan fingerprint density at radius 2 is 1.68 bits per heavy atom. The summed E-state index contributed by atoms with van der Waals surface area (Å²) in [5.41, 5.74) is 0. The molecule has 0 N–H and O–H groups in total. The lowest BCUT2D eigenvalue weighted by molar-refractivity contribution is -0.148. The molecule has 1 unspecified atom stereocenters. The maximum Gasteiger partial charge on any atom is 0.410 e. The Morgan fingerprint density at radius 1 is 1.09 bits per heavy atom. The third kappa shape index (κ3) is 9.42. The SMILES string of the molecule is C=CCOC(=O)N(C)C(C)C(=O)OCCCCCCCCC. The lowest BCUT2D eigenvalue weighted by atomic mass is 10.1. The van der Waals surface area contributed by atoms with Crippen LogP contribution in [0.2, 0.25) is 0 Å². The van der Waals surface area contributed by atoms with Gasteiger partial charge >= 0.3 is 12.1 Å². The highest BCUT2D eigenvalue weighted by Gasteiger charge is 2.24. The molecule has 0 saturated carbocycles. The average Bonchev–Trinajstić information content (AvgIpc) is 2.53. The van der Waals surface area contributed by atoms with E-state index in [-0.39, 0.29) is 6.61 Å². The Labute approximate surface area is 134 Å². The van der Waals surface area contributed by atoms with Gasteiger partial charge in [-0.1, -0.05) is 58.1 Å². The number of amides is 1. The minimum absolute atomic E-state index is 0.128. The van der Waals surface area contributed by atoms with E-state index in [1.165, 1.54) is 50.1 Å². The smallest absolute Gasteiger partial charge is 0.410 e. The van der Waals surface area contributed by atoms with E-state index in [4.69, 9.17) is 9.47 Å². The number of carbonyl (C=O) groups is 2. The Hall–Kier alpha value is -1.52. The second-order valence-corrected chi connectivity index (χ2v) is 5.44. The van der Waals surface area contributed by atoms with E-state index >= 15 is 0 Å². The molecule has 1 atom stereocenters. The van der Waals surface area contributed by atoms with Gasteiger partial charge in [0, 0.05) is 7.05 Å². The number of carbonyl (C=O) groups excluding carboxylic acids is 2. The van der Waals surface area contributed by atoms with Gasteiger partial charge in [-0.05, 0) is 13.3 Å². The van der Waals surface area contributed by atoms with Gasteiger partial charge in [-0.2, -0.15) is 0 Å². The van der Waals surface area contributed by atoms with Crippen LogP contribution in [0.1, 0.15) is 58.8 Å². The van der Waals surface area contributed by atoms with Crippen LogP contribution >= 0.6 is 0 Å². The van der Waals surface area contributed by atoms with Crippen molar-refractivity contribution in [2.24, 2.45) is 0 Å². The summed E-state index contributed by atoms with van der Waals surface area (Å²) in [7, 11) is 1.52. The van der Waals surface area contributed by atoms with Gasteiger partial charge in [0.25, 0.3) is 0 Å². The van der Waals surface area contributed by atoms with Crippen LogP contribution < -0.4 is 0 Å². The monoisotopic (exact) mass is 313 g/mol. The van der Waals surface area contributed by atoms with Gasteiger partial charge in [-0.25, -0.2) is 9.59 Å². The largest absolute Gasteiger partial charge is 0.464 e. The zero-order valence-electron chi connectivity index (χ0n) is 14.3. The first-order chi connectivity index (χ1) is 10.5.